The van der Waals surface area contributed by atoms with E-state index < -0.39 is 0 Å². The van der Waals surface area contributed by atoms with Gasteiger partial charge < -0.3 is 10.2 Å². The highest BCUT2D eigenvalue weighted by Crippen LogP contribution is 2.26. The third kappa shape index (κ3) is 3.93. The summed E-state index contributed by atoms with van der Waals surface area (Å²) in [6.45, 7) is 4.03. The largest absolute Gasteiger partial charge is 0.357 e. The molecule has 1 aromatic carbocycles. The normalized spacial score (nSPS) is 13.5. The van der Waals surface area contributed by atoms with Crippen molar-refractivity contribution in [3.8, 4) is 16.9 Å². The SMILES string of the molecule is Cc1ccc(NC(=O)c2ccnc(N3CCCC3)c2)cc1-n1ccc2ncc(-c3cccnc3)n21. The zero-order chi connectivity index (χ0) is 23.8. The Morgan fingerprint density at radius 1 is 0.971 bits per heavy atom. The molecule has 6 rings (SSSR count). The predicted octanol–water partition coefficient (Wildman–Crippen LogP) is 4.74. The molecular weight excluding hydrogens is 438 g/mol. The van der Waals surface area contributed by atoms with Crippen LogP contribution in [0.2, 0.25) is 0 Å². The van der Waals surface area contributed by atoms with Crippen molar-refractivity contribution < 1.29 is 4.79 Å². The summed E-state index contributed by atoms with van der Waals surface area (Å²) in [5, 5.41) is 3.06. The molecule has 0 atom stereocenters. The van der Waals surface area contributed by atoms with Crippen molar-refractivity contribution in [1.29, 1.82) is 0 Å². The van der Waals surface area contributed by atoms with Crippen LogP contribution in [-0.2, 0) is 0 Å². The second-order valence-corrected chi connectivity index (χ2v) is 8.77. The fourth-order valence-electron chi connectivity index (χ4n) is 4.62. The van der Waals surface area contributed by atoms with Crippen LogP contribution in [0.25, 0.3) is 22.6 Å². The lowest BCUT2D eigenvalue weighted by molar-refractivity contribution is 0.102. The zero-order valence-corrected chi connectivity index (χ0v) is 19.4. The monoisotopic (exact) mass is 463 g/mol. The number of carbonyl (C=O) groups is 1. The highest BCUT2D eigenvalue weighted by atomic mass is 16.1. The minimum atomic E-state index is -0.154. The fourth-order valence-corrected chi connectivity index (χ4v) is 4.62. The molecule has 1 aliphatic heterocycles. The molecular formula is C27H25N7O. The van der Waals surface area contributed by atoms with Gasteiger partial charge >= 0.3 is 0 Å². The van der Waals surface area contributed by atoms with E-state index in [2.05, 4.69) is 36.6 Å². The molecule has 1 N–H and O–H groups in total. The lowest BCUT2D eigenvalue weighted by Gasteiger charge is -2.17. The van der Waals surface area contributed by atoms with Crippen LogP contribution in [0.5, 0.6) is 0 Å². The summed E-state index contributed by atoms with van der Waals surface area (Å²) in [7, 11) is 0. The number of benzene rings is 1. The number of aryl methyl sites for hydroxylation is 1. The molecule has 0 saturated carbocycles. The molecule has 1 fully saturated rings. The number of rotatable bonds is 5. The molecule has 8 heteroatoms. The van der Waals surface area contributed by atoms with Gasteiger partial charge in [0.15, 0.2) is 5.65 Å². The highest BCUT2D eigenvalue weighted by molar-refractivity contribution is 6.04. The predicted molar refractivity (Wildman–Crippen MR) is 136 cm³/mol. The first-order valence-corrected chi connectivity index (χ1v) is 11.8. The number of carbonyl (C=O) groups excluding carboxylic acids is 1. The summed E-state index contributed by atoms with van der Waals surface area (Å²) < 4.78 is 4.10. The van der Waals surface area contributed by atoms with Gasteiger partial charge in [0.05, 0.1) is 17.6 Å². The maximum absolute atomic E-state index is 13.1. The van der Waals surface area contributed by atoms with Crippen molar-refractivity contribution in [2.75, 3.05) is 23.3 Å². The van der Waals surface area contributed by atoms with Gasteiger partial charge in [-0.15, -0.1) is 0 Å². The standard InChI is InChI=1S/C27H25N7O/c1-19-6-7-22(31-27(35)20-8-11-29-26(15-20)32-12-2-3-13-32)16-23(19)33-14-9-25-30-18-24(34(25)33)21-5-4-10-28-17-21/h4-11,14-18H,2-3,12-13H2,1H3,(H,31,35). The van der Waals surface area contributed by atoms with E-state index in [1.807, 2.05) is 65.7 Å². The lowest BCUT2D eigenvalue weighted by Crippen LogP contribution is -2.20. The van der Waals surface area contributed by atoms with E-state index in [0.717, 1.165) is 65.6 Å². The van der Waals surface area contributed by atoms with Gasteiger partial charge in [-0.3, -0.25) is 14.5 Å². The van der Waals surface area contributed by atoms with Crippen molar-refractivity contribution in [2.45, 2.75) is 19.8 Å². The Morgan fingerprint density at radius 2 is 1.86 bits per heavy atom. The minimum Gasteiger partial charge on any atom is -0.357 e. The molecule has 1 aliphatic rings. The van der Waals surface area contributed by atoms with Crippen molar-refractivity contribution in [3.63, 3.8) is 0 Å². The fraction of sp³-hybridized carbons (Fsp3) is 0.185. The molecule has 4 aromatic heterocycles. The Kier molecular flexibility index (Phi) is 5.25. The third-order valence-corrected chi connectivity index (χ3v) is 6.45. The van der Waals surface area contributed by atoms with E-state index >= 15 is 0 Å². The van der Waals surface area contributed by atoms with Crippen LogP contribution in [-0.4, -0.2) is 43.1 Å². The molecule has 174 valence electrons. The number of nitrogens with one attached hydrogen (secondary N) is 1. The van der Waals surface area contributed by atoms with Crippen LogP contribution in [0.1, 0.15) is 28.8 Å². The Balaban J connectivity index is 1.32. The quantitative estimate of drug-likeness (QED) is 0.407. The first-order valence-electron chi connectivity index (χ1n) is 11.8. The number of amides is 1. The first kappa shape index (κ1) is 21.1. The topological polar surface area (TPSA) is 80.3 Å². The van der Waals surface area contributed by atoms with Gasteiger partial charge in [0.2, 0.25) is 0 Å². The van der Waals surface area contributed by atoms with Gasteiger partial charge in [-0.1, -0.05) is 6.07 Å². The van der Waals surface area contributed by atoms with E-state index in [1.165, 1.54) is 0 Å². The van der Waals surface area contributed by atoms with Crippen molar-refractivity contribution in [3.05, 3.63) is 90.6 Å². The molecule has 1 amide bonds. The minimum absolute atomic E-state index is 0.154. The number of aromatic nitrogens is 5. The van der Waals surface area contributed by atoms with Crippen molar-refractivity contribution in [1.82, 2.24) is 24.1 Å². The molecule has 0 spiro atoms. The van der Waals surface area contributed by atoms with Crippen LogP contribution < -0.4 is 10.2 Å². The van der Waals surface area contributed by atoms with Crippen molar-refractivity contribution in [2.24, 2.45) is 0 Å². The molecule has 0 aliphatic carbocycles. The Labute approximate surface area is 202 Å². The number of fused-ring (bicyclic) bond motifs is 1. The highest BCUT2D eigenvalue weighted by Gasteiger charge is 2.17. The Bertz CT molecular complexity index is 1510. The van der Waals surface area contributed by atoms with E-state index in [0.29, 0.717) is 5.56 Å². The molecule has 1 saturated heterocycles. The number of imidazole rings is 1. The molecule has 0 unspecified atom stereocenters. The van der Waals surface area contributed by atoms with Crippen LogP contribution in [0.4, 0.5) is 11.5 Å². The van der Waals surface area contributed by atoms with Gasteiger partial charge in [0.1, 0.15) is 5.82 Å². The Morgan fingerprint density at radius 3 is 2.69 bits per heavy atom. The summed E-state index contributed by atoms with van der Waals surface area (Å²) in [6, 6.07) is 15.5. The number of nitrogens with zero attached hydrogens (tertiary/aromatic N) is 6. The van der Waals surface area contributed by atoms with E-state index in [9.17, 15) is 4.79 Å². The smallest absolute Gasteiger partial charge is 0.255 e. The number of hydrogen-bond acceptors (Lipinski definition) is 5. The summed E-state index contributed by atoms with van der Waals surface area (Å²) in [5.41, 5.74) is 6.11. The maximum Gasteiger partial charge on any atom is 0.255 e. The van der Waals surface area contributed by atoms with Gasteiger partial charge in [-0.05, 0) is 61.7 Å². The molecule has 5 heterocycles. The number of anilines is 2. The number of hydrogen-bond donors (Lipinski definition) is 1. The molecule has 35 heavy (non-hydrogen) atoms. The third-order valence-electron chi connectivity index (χ3n) is 6.45. The summed E-state index contributed by atoms with van der Waals surface area (Å²) in [5.74, 6) is 0.705. The van der Waals surface area contributed by atoms with Gasteiger partial charge in [0.25, 0.3) is 5.91 Å². The zero-order valence-electron chi connectivity index (χ0n) is 19.4. The second kappa shape index (κ2) is 8.72. The number of pyridine rings is 2. The summed E-state index contributed by atoms with van der Waals surface area (Å²) in [6.07, 6.45) is 11.5. The first-order chi connectivity index (χ1) is 17.2. The van der Waals surface area contributed by atoms with Crippen LogP contribution in [0.3, 0.4) is 0 Å². The molecule has 8 nitrogen and oxygen atoms in total. The molecule has 0 bridgehead atoms. The van der Waals surface area contributed by atoms with Crippen LogP contribution >= 0.6 is 0 Å². The van der Waals surface area contributed by atoms with E-state index in [1.54, 1.807) is 18.5 Å². The second-order valence-electron chi connectivity index (χ2n) is 8.77. The van der Waals surface area contributed by atoms with Gasteiger partial charge in [-0.2, -0.15) is 0 Å². The van der Waals surface area contributed by atoms with Crippen molar-refractivity contribution >= 4 is 23.1 Å². The maximum atomic E-state index is 13.1. The molecule has 5 aromatic rings. The Hall–Kier alpha value is -4.46. The average Bonchev–Trinajstić information content (AvgIpc) is 3.65. The van der Waals surface area contributed by atoms with E-state index in [4.69, 9.17) is 0 Å². The summed E-state index contributed by atoms with van der Waals surface area (Å²) in [4.78, 5) is 28.6. The van der Waals surface area contributed by atoms with E-state index in [-0.39, 0.29) is 5.91 Å². The summed E-state index contributed by atoms with van der Waals surface area (Å²) >= 11 is 0. The van der Waals surface area contributed by atoms with Gasteiger partial charge in [-0.25, -0.2) is 14.5 Å². The van der Waals surface area contributed by atoms with Crippen LogP contribution in [0, 0.1) is 6.92 Å². The van der Waals surface area contributed by atoms with Gasteiger partial charge in [0, 0.05) is 60.8 Å². The molecule has 0 radical (unpaired) electrons. The average molecular weight is 464 g/mol. The lowest BCUT2D eigenvalue weighted by atomic mass is 10.1. The van der Waals surface area contributed by atoms with Crippen LogP contribution in [0.15, 0.2) is 79.5 Å².